The van der Waals surface area contributed by atoms with E-state index in [0.717, 1.165) is 33.8 Å². The van der Waals surface area contributed by atoms with Gasteiger partial charge in [-0.2, -0.15) is 0 Å². The van der Waals surface area contributed by atoms with Gasteiger partial charge in [0.2, 0.25) is 11.0 Å². The Morgan fingerprint density at radius 1 is 0.571 bits per heavy atom. The molecule has 2 aromatic carbocycles. The molecule has 0 unspecified atom stereocenters. The molecule has 2 aromatic heterocycles. The minimum atomic E-state index is 0. The van der Waals surface area contributed by atoms with Crippen molar-refractivity contribution in [2.75, 3.05) is 11.5 Å². The van der Waals surface area contributed by atoms with Crippen LogP contribution in [-0.2, 0) is 0 Å². The molecular weight excluding hydrogens is 391 g/mol. The third-order valence-corrected chi connectivity index (χ3v) is 4.47. The minimum absolute atomic E-state index is 0. The van der Waals surface area contributed by atoms with Gasteiger partial charge in [0.1, 0.15) is 0 Å². The van der Waals surface area contributed by atoms with Crippen LogP contribution in [0.15, 0.2) is 48.5 Å². The first-order valence-corrected chi connectivity index (χ1v) is 8.71. The van der Waals surface area contributed by atoms with Crippen LogP contribution in [0.5, 0.6) is 0 Å². The number of anilines is 2. The Balaban J connectivity index is 0.000000261. The lowest BCUT2D eigenvalue weighted by Crippen LogP contribution is -3.00. The lowest BCUT2D eigenvalue weighted by atomic mass is 10.1. The summed E-state index contributed by atoms with van der Waals surface area (Å²) in [5.74, 6) is 0. The lowest BCUT2D eigenvalue weighted by Gasteiger charge is -1.98. The molecular formula is C22H26Cl2N4. The quantitative estimate of drug-likeness (QED) is 0.316. The third kappa shape index (κ3) is 5.24. The van der Waals surface area contributed by atoms with Crippen molar-refractivity contribution < 1.29 is 34.8 Å². The van der Waals surface area contributed by atoms with Gasteiger partial charge in [0.15, 0.2) is 11.4 Å². The number of nitrogens with two attached hydrogens (primary N) is 2. The fourth-order valence-electron chi connectivity index (χ4n) is 3.32. The van der Waals surface area contributed by atoms with Crippen LogP contribution in [0.25, 0.3) is 21.8 Å². The summed E-state index contributed by atoms with van der Waals surface area (Å²) in [6.07, 6.45) is 0. The van der Waals surface area contributed by atoms with E-state index in [1.165, 1.54) is 21.9 Å². The van der Waals surface area contributed by atoms with E-state index in [9.17, 15) is 0 Å². The summed E-state index contributed by atoms with van der Waals surface area (Å²) in [7, 11) is 0. The monoisotopic (exact) mass is 416 g/mol. The molecule has 148 valence electrons. The number of rotatable bonds is 0. The van der Waals surface area contributed by atoms with Crippen LogP contribution < -0.4 is 46.2 Å². The number of fused-ring (bicyclic) bond motifs is 2. The summed E-state index contributed by atoms with van der Waals surface area (Å²) in [4.78, 5) is 6.58. The highest BCUT2D eigenvalue weighted by Gasteiger charge is 2.06. The van der Waals surface area contributed by atoms with Gasteiger partial charge >= 0.3 is 0 Å². The molecule has 4 aromatic rings. The normalized spacial score (nSPS) is 9.86. The Bertz CT molecular complexity index is 1010. The molecule has 6 heteroatoms. The topological polar surface area (TPSA) is 80.3 Å². The van der Waals surface area contributed by atoms with Crippen molar-refractivity contribution in [2.24, 2.45) is 0 Å². The minimum Gasteiger partial charge on any atom is -1.00 e. The van der Waals surface area contributed by atoms with Gasteiger partial charge in [-0.25, -0.2) is 9.97 Å². The highest BCUT2D eigenvalue weighted by molar-refractivity contribution is 5.82. The molecule has 0 fully saturated rings. The predicted octanol–water partition coefficient (Wildman–Crippen LogP) is -2.29. The first kappa shape index (κ1) is 23.5. The Labute approximate surface area is 178 Å². The van der Waals surface area contributed by atoms with Gasteiger partial charge in [-0.15, -0.1) is 0 Å². The van der Waals surface area contributed by atoms with Crippen molar-refractivity contribution in [1.82, 2.24) is 0 Å². The second-order valence-electron chi connectivity index (χ2n) is 6.88. The summed E-state index contributed by atoms with van der Waals surface area (Å²) in [6, 6.07) is 16.2. The maximum Gasteiger partial charge on any atom is 0.213 e. The molecule has 0 spiro atoms. The van der Waals surface area contributed by atoms with Crippen LogP contribution in [-0.4, -0.2) is 0 Å². The fourth-order valence-corrected chi connectivity index (χ4v) is 3.32. The molecule has 0 radical (unpaired) electrons. The highest BCUT2D eigenvalue weighted by atomic mass is 35.5. The van der Waals surface area contributed by atoms with Gasteiger partial charge in [0.25, 0.3) is 0 Å². The summed E-state index contributed by atoms with van der Waals surface area (Å²) in [6.45, 7) is 8.32. The van der Waals surface area contributed by atoms with Gasteiger partial charge in [-0.05, 0) is 49.2 Å². The van der Waals surface area contributed by atoms with Crippen LogP contribution in [0.2, 0.25) is 0 Å². The number of halogens is 2. The highest BCUT2D eigenvalue weighted by Crippen LogP contribution is 2.18. The number of hydrogen-bond acceptors (Lipinski definition) is 2. The maximum atomic E-state index is 5.70. The Morgan fingerprint density at radius 3 is 1.29 bits per heavy atom. The van der Waals surface area contributed by atoms with E-state index in [4.69, 9.17) is 11.5 Å². The number of H-pyrrole nitrogens is 2. The second-order valence-corrected chi connectivity index (χ2v) is 6.88. The predicted molar refractivity (Wildman–Crippen MR) is 109 cm³/mol. The number of aromatic amines is 2. The molecule has 0 atom stereocenters. The lowest BCUT2D eigenvalue weighted by molar-refractivity contribution is -0.355. The number of aromatic nitrogens is 2. The maximum absolute atomic E-state index is 5.70. The average Bonchev–Trinajstić information content (AvgIpc) is 2.54. The molecule has 0 aliphatic heterocycles. The van der Waals surface area contributed by atoms with E-state index in [-0.39, 0.29) is 24.8 Å². The summed E-state index contributed by atoms with van der Waals surface area (Å²) >= 11 is 0. The smallest absolute Gasteiger partial charge is 0.213 e. The van der Waals surface area contributed by atoms with E-state index in [1.54, 1.807) is 0 Å². The third-order valence-electron chi connectivity index (χ3n) is 4.47. The van der Waals surface area contributed by atoms with Gasteiger partial charge in [-0.3, -0.25) is 0 Å². The van der Waals surface area contributed by atoms with Gasteiger partial charge in [-0.1, -0.05) is 0 Å². The molecule has 4 rings (SSSR count). The molecule has 0 bridgehead atoms. The summed E-state index contributed by atoms with van der Waals surface area (Å²) in [5, 5.41) is 2.47. The molecule has 0 amide bonds. The molecule has 0 saturated heterocycles. The van der Waals surface area contributed by atoms with Crippen molar-refractivity contribution in [3.63, 3.8) is 0 Å². The van der Waals surface area contributed by atoms with Crippen molar-refractivity contribution in [1.29, 1.82) is 0 Å². The van der Waals surface area contributed by atoms with Crippen molar-refractivity contribution in [2.45, 2.75) is 27.7 Å². The Kier molecular flexibility index (Phi) is 8.03. The zero-order valence-corrected chi connectivity index (χ0v) is 18.0. The second kappa shape index (κ2) is 9.58. The number of hydrogen-bond donors (Lipinski definition) is 2. The molecule has 4 nitrogen and oxygen atoms in total. The molecule has 2 heterocycles. The van der Waals surface area contributed by atoms with Crippen molar-refractivity contribution in [3.05, 3.63) is 71.0 Å². The van der Waals surface area contributed by atoms with Crippen molar-refractivity contribution in [3.8, 4) is 0 Å². The zero-order chi connectivity index (χ0) is 18.8. The summed E-state index contributed by atoms with van der Waals surface area (Å²) in [5.41, 5.74) is 20.1. The van der Waals surface area contributed by atoms with E-state index >= 15 is 0 Å². The van der Waals surface area contributed by atoms with E-state index in [2.05, 4.69) is 61.9 Å². The Morgan fingerprint density at radius 2 is 0.929 bits per heavy atom. The van der Waals surface area contributed by atoms with Crippen LogP contribution in [0, 0.1) is 27.7 Å². The standard InChI is InChI=1S/2C11H12N2.2ClH/c2*1-7-5-8(2)13-11-6-9(12)3-4-10(7)11;;/h2*3-6H,12H2,1-2H3;2*1H. The number of nitrogen functional groups attached to an aromatic ring is 2. The van der Waals surface area contributed by atoms with Gasteiger partial charge in [0, 0.05) is 60.3 Å². The molecule has 0 aliphatic rings. The average molecular weight is 417 g/mol. The van der Waals surface area contributed by atoms with Crippen LogP contribution in [0.4, 0.5) is 11.4 Å². The van der Waals surface area contributed by atoms with Crippen molar-refractivity contribution >= 4 is 33.2 Å². The Hall–Kier alpha value is -2.56. The largest absolute Gasteiger partial charge is 1.00 e. The SMILES string of the molecule is Cc1cc(C)c2ccc(N)cc2[nH+]1.Cc1cc(C)c2ccc(N)cc2[nH+]1.[Cl-].[Cl-]. The fraction of sp³-hybridized carbons (Fsp3) is 0.182. The molecule has 0 aliphatic carbocycles. The van der Waals surface area contributed by atoms with E-state index in [1.807, 2.05) is 24.3 Å². The van der Waals surface area contributed by atoms with E-state index in [0.29, 0.717) is 0 Å². The van der Waals surface area contributed by atoms with E-state index < -0.39 is 0 Å². The van der Waals surface area contributed by atoms with Crippen LogP contribution in [0.1, 0.15) is 22.5 Å². The number of aryl methyl sites for hydroxylation is 4. The van der Waals surface area contributed by atoms with Crippen LogP contribution >= 0.6 is 0 Å². The zero-order valence-electron chi connectivity index (χ0n) is 16.5. The molecule has 28 heavy (non-hydrogen) atoms. The van der Waals surface area contributed by atoms with Gasteiger partial charge in [0.05, 0.1) is 0 Å². The van der Waals surface area contributed by atoms with Gasteiger partial charge < -0.3 is 36.3 Å². The van der Waals surface area contributed by atoms with Crippen LogP contribution in [0.3, 0.4) is 0 Å². The molecule has 6 N–H and O–H groups in total. The number of benzene rings is 2. The molecule has 0 saturated carbocycles. The summed E-state index contributed by atoms with van der Waals surface area (Å²) < 4.78 is 0. The number of pyridine rings is 2. The first-order chi connectivity index (χ1) is 12.3. The first-order valence-electron chi connectivity index (χ1n) is 8.71. The number of nitrogens with one attached hydrogen (secondary N) is 2.